The molecule has 0 aromatic heterocycles. The maximum atomic E-state index is 3.33. The summed E-state index contributed by atoms with van der Waals surface area (Å²) >= 11 is 0. The first kappa shape index (κ1) is 6.88. The third kappa shape index (κ3) is 0.827. The molecule has 0 bridgehead atoms. The Morgan fingerprint density at radius 2 is 2.42 bits per heavy atom. The summed E-state index contributed by atoms with van der Waals surface area (Å²) in [6.45, 7) is 1.10. The van der Waals surface area contributed by atoms with Gasteiger partial charge >= 0.3 is 0 Å². The average molecular weight is 166 g/mol. The normalized spacial score (nSPS) is 40.2. The van der Waals surface area contributed by atoms with Gasteiger partial charge in [0.15, 0.2) is 0 Å². The maximum absolute atomic E-state index is 3.33. The van der Waals surface area contributed by atoms with Crippen LogP contribution in [0.5, 0.6) is 0 Å². The lowest BCUT2D eigenvalue weighted by Crippen LogP contribution is -2.56. The molecule has 3 aliphatic rings. The quantitative estimate of drug-likeness (QED) is 0.469. The molecule has 2 aliphatic heterocycles. The SMILES string of the molecule is C1=C2NNN3NCCC(CC1)C23. The van der Waals surface area contributed by atoms with Gasteiger partial charge in [-0.3, -0.25) is 0 Å². The molecular formula is C8H14N4. The van der Waals surface area contributed by atoms with Crippen LogP contribution in [-0.2, 0) is 0 Å². The Labute approximate surface area is 71.9 Å². The van der Waals surface area contributed by atoms with Crippen molar-refractivity contribution in [1.29, 1.82) is 0 Å². The Hall–Kier alpha value is -0.580. The highest BCUT2D eigenvalue weighted by Gasteiger charge is 2.39. The fourth-order valence-corrected chi connectivity index (χ4v) is 2.47. The second-order valence-electron chi connectivity index (χ2n) is 3.75. The Bertz CT molecular complexity index is 225. The van der Waals surface area contributed by atoms with Gasteiger partial charge in [-0.15, -0.1) is 0 Å². The molecule has 12 heavy (non-hydrogen) atoms. The molecule has 2 saturated heterocycles. The number of rotatable bonds is 0. The fraction of sp³-hybridized carbons (Fsp3) is 0.750. The molecule has 0 radical (unpaired) electrons. The molecule has 3 rings (SSSR count). The number of hydrogen-bond donors (Lipinski definition) is 3. The molecule has 4 heteroatoms. The largest absolute Gasteiger partial charge is 0.310 e. The van der Waals surface area contributed by atoms with Crippen molar-refractivity contribution in [2.45, 2.75) is 25.3 Å². The van der Waals surface area contributed by atoms with Gasteiger partial charge in [0.2, 0.25) is 0 Å². The minimum atomic E-state index is 0.562. The average Bonchev–Trinajstić information content (AvgIpc) is 2.52. The second-order valence-corrected chi connectivity index (χ2v) is 3.75. The summed E-state index contributed by atoms with van der Waals surface area (Å²) in [5, 5.41) is 2.11. The van der Waals surface area contributed by atoms with E-state index in [9.17, 15) is 0 Å². The first-order valence-corrected chi connectivity index (χ1v) is 4.69. The predicted octanol–water partition coefficient (Wildman–Crippen LogP) is -0.118. The van der Waals surface area contributed by atoms with E-state index in [1.165, 1.54) is 25.0 Å². The Balaban J connectivity index is 1.94. The number of hydrogen-bond acceptors (Lipinski definition) is 4. The van der Waals surface area contributed by atoms with E-state index < -0.39 is 0 Å². The summed E-state index contributed by atoms with van der Waals surface area (Å²) in [7, 11) is 0. The summed E-state index contributed by atoms with van der Waals surface area (Å²) in [5.41, 5.74) is 11.0. The summed E-state index contributed by atoms with van der Waals surface area (Å²) in [6.07, 6.45) is 6.19. The third-order valence-electron chi connectivity index (χ3n) is 3.06. The van der Waals surface area contributed by atoms with Crippen molar-refractivity contribution in [3.05, 3.63) is 11.8 Å². The molecule has 66 valence electrons. The van der Waals surface area contributed by atoms with Crippen molar-refractivity contribution in [1.82, 2.24) is 21.5 Å². The second kappa shape index (κ2) is 2.45. The molecule has 2 unspecified atom stereocenters. The molecule has 3 N–H and O–H groups in total. The highest BCUT2D eigenvalue weighted by atomic mass is 15.9. The van der Waals surface area contributed by atoms with Crippen molar-refractivity contribution in [2.24, 2.45) is 5.92 Å². The lowest BCUT2D eigenvalue weighted by atomic mass is 9.84. The van der Waals surface area contributed by atoms with Gasteiger partial charge in [-0.1, -0.05) is 6.08 Å². The molecule has 4 nitrogen and oxygen atoms in total. The first-order valence-electron chi connectivity index (χ1n) is 4.69. The van der Waals surface area contributed by atoms with E-state index in [1.54, 1.807) is 0 Å². The minimum absolute atomic E-state index is 0.562. The van der Waals surface area contributed by atoms with Crippen molar-refractivity contribution in [3.8, 4) is 0 Å². The molecule has 0 saturated carbocycles. The highest BCUT2D eigenvalue weighted by molar-refractivity contribution is 5.17. The molecular weight excluding hydrogens is 152 g/mol. The van der Waals surface area contributed by atoms with Crippen LogP contribution in [0.2, 0.25) is 0 Å². The summed E-state index contributed by atoms with van der Waals surface area (Å²) in [4.78, 5) is 0. The first-order chi connectivity index (χ1) is 5.95. The zero-order chi connectivity index (χ0) is 7.97. The molecule has 1 aliphatic carbocycles. The van der Waals surface area contributed by atoms with E-state index in [2.05, 4.69) is 27.6 Å². The molecule has 0 aromatic carbocycles. The van der Waals surface area contributed by atoms with Gasteiger partial charge in [-0.25, -0.2) is 5.43 Å². The van der Waals surface area contributed by atoms with Crippen LogP contribution in [0, 0.1) is 5.92 Å². The van der Waals surface area contributed by atoms with E-state index >= 15 is 0 Å². The van der Waals surface area contributed by atoms with Crippen molar-refractivity contribution < 1.29 is 0 Å². The zero-order valence-corrected chi connectivity index (χ0v) is 7.01. The van der Waals surface area contributed by atoms with E-state index in [0.717, 1.165) is 12.5 Å². The van der Waals surface area contributed by atoms with Gasteiger partial charge in [-0.05, 0) is 25.2 Å². The van der Waals surface area contributed by atoms with Crippen LogP contribution < -0.4 is 16.4 Å². The van der Waals surface area contributed by atoms with Gasteiger partial charge < -0.3 is 5.43 Å². The number of nitrogens with zero attached hydrogens (tertiary/aromatic N) is 1. The Morgan fingerprint density at radius 1 is 1.42 bits per heavy atom. The lowest BCUT2D eigenvalue weighted by molar-refractivity contribution is 0.0343. The number of hydrazine groups is 3. The lowest BCUT2D eigenvalue weighted by Gasteiger charge is -2.37. The molecule has 2 atom stereocenters. The zero-order valence-electron chi connectivity index (χ0n) is 7.01. The van der Waals surface area contributed by atoms with Crippen LogP contribution >= 0.6 is 0 Å². The molecule has 2 fully saturated rings. The summed E-state index contributed by atoms with van der Waals surface area (Å²) in [6, 6.07) is 0.562. The summed E-state index contributed by atoms with van der Waals surface area (Å²) < 4.78 is 0. The van der Waals surface area contributed by atoms with Crippen LogP contribution in [0.25, 0.3) is 0 Å². The van der Waals surface area contributed by atoms with E-state index in [-0.39, 0.29) is 0 Å². The number of allylic oxidation sites excluding steroid dienone is 1. The van der Waals surface area contributed by atoms with Crippen molar-refractivity contribution in [2.75, 3.05) is 6.54 Å². The summed E-state index contributed by atoms with van der Waals surface area (Å²) in [5.74, 6) is 0.841. The Kier molecular flexibility index (Phi) is 1.41. The standard InChI is InChI=1S/C8H14N4/c1-2-6-4-5-9-12-8(6)7(3-1)10-11-12/h3,6,8-11H,1-2,4-5H2. The van der Waals surface area contributed by atoms with Gasteiger partial charge in [0.25, 0.3) is 0 Å². The van der Waals surface area contributed by atoms with Crippen LogP contribution in [0.3, 0.4) is 0 Å². The van der Waals surface area contributed by atoms with E-state index in [1.807, 2.05) is 0 Å². The van der Waals surface area contributed by atoms with Crippen LogP contribution in [0.15, 0.2) is 11.8 Å². The molecule has 0 aromatic rings. The van der Waals surface area contributed by atoms with Crippen LogP contribution in [0.4, 0.5) is 0 Å². The van der Waals surface area contributed by atoms with Gasteiger partial charge in [-0.2, -0.15) is 10.7 Å². The van der Waals surface area contributed by atoms with E-state index in [4.69, 9.17) is 0 Å². The topological polar surface area (TPSA) is 39.3 Å². The Morgan fingerprint density at radius 3 is 3.42 bits per heavy atom. The smallest absolute Gasteiger partial charge is 0.0852 e. The van der Waals surface area contributed by atoms with Gasteiger partial charge in [0, 0.05) is 12.2 Å². The van der Waals surface area contributed by atoms with Gasteiger partial charge in [0.05, 0.1) is 6.04 Å². The third-order valence-corrected chi connectivity index (χ3v) is 3.06. The highest BCUT2D eigenvalue weighted by Crippen LogP contribution is 2.32. The molecule has 0 amide bonds. The van der Waals surface area contributed by atoms with E-state index in [0.29, 0.717) is 6.04 Å². The number of nitrogens with one attached hydrogen (secondary N) is 3. The van der Waals surface area contributed by atoms with Crippen LogP contribution in [0.1, 0.15) is 19.3 Å². The predicted molar refractivity (Wildman–Crippen MR) is 45.3 cm³/mol. The van der Waals surface area contributed by atoms with Crippen molar-refractivity contribution >= 4 is 0 Å². The van der Waals surface area contributed by atoms with Crippen molar-refractivity contribution in [3.63, 3.8) is 0 Å². The van der Waals surface area contributed by atoms with Gasteiger partial charge in [0.1, 0.15) is 0 Å². The minimum Gasteiger partial charge on any atom is -0.310 e. The molecule has 0 spiro atoms. The maximum Gasteiger partial charge on any atom is 0.0852 e. The van der Waals surface area contributed by atoms with Crippen LogP contribution in [-0.4, -0.2) is 17.7 Å². The monoisotopic (exact) mass is 166 g/mol. The fourth-order valence-electron chi connectivity index (χ4n) is 2.47. The molecule has 2 heterocycles.